The fraction of sp³-hybridized carbons (Fsp3) is 1.00. The summed E-state index contributed by atoms with van der Waals surface area (Å²) < 4.78 is 12.8. The van der Waals surface area contributed by atoms with Gasteiger partial charge in [0.1, 0.15) is 6.17 Å². The van der Waals surface area contributed by atoms with Gasteiger partial charge in [-0.05, 0) is 18.8 Å². The largest absolute Gasteiger partial charge is 0.247 e. The van der Waals surface area contributed by atoms with E-state index in [1.165, 1.54) is 0 Å². The third kappa shape index (κ3) is 3.19. The summed E-state index contributed by atoms with van der Waals surface area (Å²) in [5.41, 5.74) is -0.115. The van der Waals surface area contributed by atoms with Crippen molar-refractivity contribution in [2.45, 2.75) is 53.1 Å². The minimum Gasteiger partial charge on any atom is -0.247 e. The average Bonchev–Trinajstić information content (AvgIpc) is 1.84. The first-order chi connectivity index (χ1) is 4.50. The van der Waals surface area contributed by atoms with Crippen molar-refractivity contribution in [3.8, 4) is 0 Å². The second kappa shape index (κ2) is 3.95. The van der Waals surface area contributed by atoms with Crippen LogP contribution in [0, 0.1) is 5.41 Å². The Morgan fingerprint density at radius 3 is 2.20 bits per heavy atom. The van der Waals surface area contributed by atoms with E-state index in [4.69, 9.17) is 0 Å². The van der Waals surface area contributed by atoms with Gasteiger partial charge in [-0.25, -0.2) is 4.39 Å². The summed E-state index contributed by atoms with van der Waals surface area (Å²) in [5.74, 6) is 0. The molecule has 0 nitrogen and oxygen atoms in total. The number of hydrogen-bond donors (Lipinski definition) is 0. The Kier molecular flexibility index (Phi) is 3.92. The number of alkyl halides is 1. The lowest BCUT2D eigenvalue weighted by Crippen LogP contribution is -2.22. The fourth-order valence-corrected chi connectivity index (χ4v) is 0.831. The van der Waals surface area contributed by atoms with Crippen LogP contribution in [-0.2, 0) is 0 Å². The van der Waals surface area contributed by atoms with E-state index < -0.39 is 6.17 Å². The summed E-state index contributed by atoms with van der Waals surface area (Å²) in [6.45, 7) is 7.77. The van der Waals surface area contributed by atoms with Gasteiger partial charge in [0, 0.05) is 0 Å². The molecule has 0 saturated heterocycles. The van der Waals surface area contributed by atoms with E-state index in [2.05, 4.69) is 6.92 Å². The second-order valence-electron chi connectivity index (χ2n) is 3.71. The molecule has 0 fully saturated rings. The summed E-state index contributed by atoms with van der Waals surface area (Å²) in [7, 11) is 0. The minimum absolute atomic E-state index is 0.115. The Morgan fingerprint density at radius 2 is 1.90 bits per heavy atom. The normalized spacial score (nSPS) is 15.3. The Hall–Kier alpha value is -0.0700. The van der Waals surface area contributed by atoms with E-state index in [1.54, 1.807) is 6.92 Å². The van der Waals surface area contributed by atoms with Crippen LogP contribution in [0.25, 0.3) is 0 Å². The maximum absolute atomic E-state index is 12.8. The van der Waals surface area contributed by atoms with Gasteiger partial charge >= 0.3 is 0 Å². The van der Waals surface area contributed by atoms with Crippen LogP contribution < -0.4 is 0 Å². The first kappa shape index (κ1) is 9.93. The summed E-state index contributed by atoms with van der Waals surface area (Å²) in [5, 5.41) is 0. The van der Waals surface area contributed by atoms with Crippen molar-refractivity contribution in [1.29, 1.82) is 0 Å². The Morgan fingerprint density at radius 1 is 1.40 bits per heavy atom. The van der Waals surface area contributed by atoms with E-state index in [9.17, 15) is 4.39 Å². The Bertz CT molecular complexity index is 84.7. The van der Waals surface area contributed by atoms with Crippen molar-refractivity contribution in [1.82, 2.24) is 0 Å². The van der Waals surface area contributed by atoms with Crippen LogP contribution in [0.1, 0.15) is 47.0 Å². The molecule has 0 rings (SSSR count). The van der Waals surface area contributed by atoms with Crippen LogP contribution >= 0.6 is 0 Å². The highest BCUT2D eigenvalue weighted by Gasteiger charge is 2.24. The Balaban J connectivity index is 3.63. The molecule has 0 N–H and O–H groups in total. The summed E-state index contributed by atoms with van der Waals surface area (Å²) in [4.78, 5) is 0. The van der Waals surface area contributed by atoms with E-state index in [1.807, 2.05) is 13.8 Å². The first-order valence-electron chi connectivity index (χ1n) is 4.14. The van der Waals surface area contributed by atoms with Gasteiger partial charge in [-0.2, -0.15) is 0 Å². The SMILES string of the molecule is CCCCC(C)(C)C(C)F. The maximum Gasteiger partial charge on any atom is 0.102 e. The van der Waals surface area contributed by atoms with Crippen LogP contribution in [0.5, 0.6) is 0 Å². The van der Waals surface area contributed by atoms with E-state index >= 15 is 0 Å². The predicted molar refractivity (Wildman–Crippen MR) is 43.9 cm³/mol. The highest BCUT2D eigenvalue weighted by atomic mass is 19.1. The first-order valence-corrected chi connectivity index (χ1v) is 4.14. The fourth-order valence-electron chi connectivity index (χ4n) is 0.831. The maximum atomic E-state index is 12.8. The van der Waals surface area contributed by atoms with Crippen molar-refractivity contribution in [3.05, 3.63) is 0 Å². The van der Waals surface area contributed by atoms with Gasteiger partial charge < -0.3 is 0 Å². The molecular formula is C9H19F. The van der Waals surface area contributed by atoms with Crippen LogP contribution in [0.4, 0.5) is 4.39 Å². The van der Waals surface area contributed by atoms with Crippen molar-refractivity contribution < 1.29 is 4.39 Å². The zero-order valence-electron chi connectivity index (χ0n) is 7.58. The van der Waals surface area contributed by atoms with Crippen LogP contribution in [0.2, 0.25) is 0 Å². The highest BCUT2D eigenvalue weighted by Crippen LogP contribution is 2.29. The van der Waals surface area contributed by atoms with Crippen molar-refractivity contribution >= 4 is 0 Å². The lowest BCUT2D eigenvalue weighted by atomic mass is 9.83. The molecule has 0 spiro atoms. The third-order valence-electron chi connectivity index (χ3n) is 2.25. The molecule has 0 aromatic carbocycles. The van der Waals surface area contributed by atoms with Crippen molar-refractivity contribution in [2.75, 3.05) is 0 Å². The molecule has 1 unspecified atom stereocenters. The van der Waals surface area contributed by atoms with Gasteiger partial charge in [0.05, 0.1) is 0 Å². The lowest BCUT2D eigenvalue weighted by molar-refractivity contribution is 0.146. The van der Waals surface area contributed by atoms with Gasteiger partial charge in [-0.3, -0.25) is 0 Å². The van der Waals surface area contributed by atoms with Gasteiger partial charge in [0.2, 0.25) is 0 Å². The standard InChI is InChI=1S/C9H19F/c1-5-6-7-9(3,4)8(2)10/h8H,5-7H2,1-4H3. The lowest BCUT2D eigenvalue weighted by Gasteiger charge is -2.25. The quantitative estimate of drug-likeness (QED) is 0.569. The molecule has 0 amide bonds. The topological polar surface area (TPSA) is 0 Å². The molecule has 0 aliphatic heterocycles. The molecule has 0 radical (unpaired) electrons. The molecular weight excluding hydrogens is 127 g/mol. The molecule has 62 valence electrons. The van der Waals surface area contributed by atoms with E-state index in [-0.39, 0.29) is 5.41 Å². The van der Waals surface area contributed by atoms with Gasteiger partial charge in [-0.15, -0.1) is 0 Å². The number of unbranched alkanes of at least 4 members (excludes halogenated alkanes) is 1. The number of halogens is 1. The molecule has 1 atom stereocenters. The van der Waals surface area contributed by atoms with Crippen LogP contribution in [-0.4, -0.2) is 6.17 Å². The van der Waals surface area contributed by atoms with Gasteiger partial charge in [0.25, 0.3) is 0 Å². The molecule has 1 heteroatoms. The zero-order valence-corrected chi connectivity index (χ0v) is 7.58. The van der Waals surface area contributed by atoms with Crippen molar-refractivity contribution in [2.24, 2.45) is 5.41 Å². The van der Waals surface area contributed by atoms with Crippen molar-refractivity contribution in [3.63, 3.8) is 0 Å². The second-order valence-corrected chi connectivity index (χ2v) is 3.71. The zero-order chi connectivity index (χ0) is 8.20. The molecule has 0 aromatic rings. The molecule has 10 heavy (non-hydrogen) atoms. The summed E-state index contributed by atoms with van der Waals surface area (Å²) >= 11 is 0. The highest BCUT2D eigenvalue weighted by molar-refractivity contribution is 4.73. The molecule has 0 heterocycles. The van der Waals surface area contributed by atoms with E-state index in [0.29, 0.717) is 0 Å². The summed E-state index contributed by atoms with van der Waals surface area (Å²) in [6.07, 6.45) is 2.62. The van der Waals surface area contributed by atoms with Gasteiger partial charge in [0.15, 0.2) is 0 Å². The van der Waals surface area contributed by atoms with Crippen LogP contribution in [0.15, 0.2) is 0 Å². The third-order valence-corrected chi connectivity index (χ3v) is 2.25. The minimum atomic E-state index is -0.681. The molecule has 0 aromatic heterocycles. The smallest absolute Gasteiger partial charge is 0.102 e. The monoisotopic (exact) mass is 146 g/mol. The molecule has 0 saturated carbocycles. The molecule has 0 bridgehead atoms. The average molecular weight is 146 g/mol. The van der Waals surface area contributed by atoms with E-state index in [0.717, 1.165) is 19.3 Å². The predicted octanol–water partition coefficient (Wildman–Crippen LogP) is 3.56. The Labute approximate surface area is 63.8 Å². The number of rotatable bonds is 4. The van der Waals surface area contributed by atoms with Gasteiger partial charge in [-0.1, -0.05) is 33.6 Å². The van der Waals surface area contributed by atoms with Crippen LogP contribution in [0.3, 0.4) is 0 Å². The number of hydrogen-bond acceptors (Lipinski definition) is 0. The summed E-state index contributed by atoms with van der Waals surface area (Å²) in [6, 6.07) is 0. The molecule has 0 aliphatic carbocycles. The molecule has 0 aliphatic rings.